The molecule has 0 aliphatic carbocycles. The highest BCUT2D eigenvalue weighted by Gasteiger charge is 2.10. The van der Waals surface area contributed by atoms with E-state index in [1.54, 1.807) is 0 Å². The van der Waals surface area contributed by atoms with E-state index < -0.39 is 0 Å². The highest BCUT2D eigenvalue weighted by Crippen LogP contribution is 2.28. The molecular formula is C14H22ClNO. The van der Waals surface area contributed by atoms with Crippen LogP contribution in [0, 0.1) is 5.92 Å². The molecule has 2 nitrogen and oxygen atoms in total. The second-order valence-electron chi connectivity index (χ2n) is 5.04. The molecule has 17 heavy (non-hydrogen) atoms. The van der Waals surface area contributed by atoms with Gasteiger partial charge in [-0.2, -0.15) is 0 Å². The standard InChI is InChI=1S/C14H22ClNO/c1-9(2)7-10(3)17-14-6-5-12(11(4)16)8-13(14)15/h5-6,8-11H,7,16H2,1-4H3/t10?,11-/m0/s1. The Labute approximate surface area is 109 Å². The van der Waals surface area contributed by atoms with Crippen LogP contribution in [0.25, 0.3) is 0 Å². The summed E-state index contributed by atoms with van der Waals surface area (Å²) in [6.07, 6.45) is 1.19. The van der Waals surface area contributed by atoms with E-state index in [9.17, 15) is 0 Å². The average Bonchev–Trinajstić information content (AvgIpc) is 2.19. The fraction of sp³-hybridized carbons (Fsp3) is 0.571. The Morgan fingerprint density at radius 2 is 1.88 bits per heavy atom. The minimum absolute atomic E-state index is 0.00497. The molecule has 0 heterocycles. The second kappa shape index (κ2) is 6.27. The number of hydrogen-bond acceptors (Lipinski definition) is 2. The molecule has 1 rings (SSSR count). The van der Waals surface area contributed by atoms with Crippen LogP contribution in [0.1, 0.15) is 45.7 Å². The monoisotopic (exact) mass is 255 g/mol. The molecule has 3 heteroatoms. The van der Waals surface area contributed by atoms with Crippen LogP contribution in [0.5, 0.6) is 5.75 Å². The third kappa shape index (κ3) is 4.57. The normalized spacial score (nSPS) is 14.8. The third-order valence-electron chi connectivity index (χ3n) is 2.61. The van der Waals surface area contributed by atoms with E-state index in [1.807, 2.05) is 25.1 Å². The van der Waals surface area contributed by atoms with Crippen molar-refractivity contribution in [2.45, 2.75) is 46.3 Å². The summed E-state index contributed by atoms with van der Waals surface area (Å²) >= 11 is 6.17. The van der Waals surface area contributed by atoms with Crippen molar-refractivity contribution in [3.05, 3.63) is 28.8 Å². The van der Waals surface area contributed by atoms with E-state index >= 15 is 0 Å². The van der Waals surface area contributed by atoms with Crippen LogP contribution in [-0.4, -0.2) is 6.10 Å². The molecule has 0 aliphatic heterocycles. The maximum atomic E-state index is 6.17. The highest BCUT2D eigenvalue weighted by molar-refractivity contribution is 6.32. The third-order valence-corrected chi connectivity index (χ3v) is 2.91. The maximum absolute atomic E-state index is 6.17. The average molecular weight is 256 g/mol. The first-order valence-corrected chi connectivity index (χ1v) is 6.49. The van der Waals surface area contributed by atoms with Gasteiger partial charge in [-0.3, -0.25) is 0 Å². The number of rotatable bonds is 5. The summed E-state index contributed by atoms with van der Waals surface area (Å²) in [5, 5.41) is 0.635. The Morgan fingerprint density at radius 3 is 2.35 bits per heavy atom. The molecule has 0 saturated carbocycles. The summed E-state index contributed by atoms with van der Waals surface area (Å²) in [6, 6.07) is 5.74. The minimum atomic E-state index is -0.00497. The molecule has 1 unspecified atom stereocenters. The lowest BCUT2D eigenvalue weighted by molar-refractivity contribution is 0.193. The first-order chi connectivity index (χ1) is 7.90. The van der Waals surface area contributed by atoms with Gasteiger partial charge < -0.3 is 10.5 Å². The lowest BCUT2D eigenvalue weighted by Crippen LogP contribution is -2.15. The summed E-state index contributed by atoms with van der Waals surface area (Å²) in [7, 11) is 0. The molecule has 0 radical (unpaired) electrons. The van der Waals surface area contributed by atoms with Gasteiger partial charge in [-0.1, -0.05) is 31.5 Å². The fourth-order valence-electron chi connectivity index (χ4n) is 1.82. The number of nitrogens with two attached hydrogens (primary N) is 1. The van der Waals surface area contributed by atoms with Crippen LogP contribution in [0.3, 0.4) is 0 Å². The zero-order chi connectivity index (χ0) is 13.0. The largest absolute Gasteiger partial charge is 0.489 e. The molecule has 0 fully saturated rings. The number of benzene rings is 1. The summed E-state index contributed by atoms with van der Waals surface area (Å²) < 4.78 is 5.82. The van der Waals surface area contributed by atoms with Crippen LogP contribution < -0.4 is 10.5 Å². The molecule has 1 aromatic rings. The highest BCUT2D eigenvalue weighted by atomic mass is 35.5. The summed E-state index contributed by atoms with van der Waals surface area (Å²) in [5.74, 6) is 1.36. The Kier molecular flexibility index (Phi) is 5.29. The second-order valence-corrected chi connectivity index (χ2v) is 5.44. The summed E-state index contributed by atoms with van der Waals surface area (Å²) in [4.78, 5) is 0. The Morgan fingerprint density at radius 1 is 1.24 bits per heavy atom. The van der Waals surface area contributed by atoms with E-state index in [1.165, 1.54) is 0 Å². The van der Waals surface area contributed by atoms with Crippen LogP contribution in [0.2, 0.25) is 5.02 Å². The van der Waals surface area contributed by atoms with Gasteiger partial charge in [-0.15, -0.1) is 0 Å². The molecule has 0 aliphatic rings. The molecule has 2 N–H and O–H groups in total. The van der Waals surface area contributed by atoms with Crippen molar-refractivity contribution in [2.24, 2.45) is 11.7 Å². The molecule has 96 valence electrons. The predicted molar refractivity (Wildman–Crippen MR) is 73.6 cm³/mol. The zero-order valence-corrected chi connectivity index (χ0v) is 11.8. The number of hydrogen-bond donors (Lipinski definition) is 1. The first kappa shape index (κ1) is 14.3. The van der Waals surface area contributed by atoms with Crippen LogP contribution in [0.15, 0.2) is 18.2 Å². The quantitative estimate of drug-likeness (QED) is 0.857. The van der Waals surface area contributed by atoms with Crippen LogP contribution >= 0.6 is 11.6 Å². The van der Waals surface area contributed by atoms with Gasteiger partial charge in [-0.25, -0.2) is 0 Å². The summed E-state index contributed by atoms with van der Waals surface area (Å²) in [6.45, 7) is 8.37. The predicted octanol–water partition coefficient (Wildman–Crippen LogP) is 4.17. The van der Waals surface area contributed by atoms with Crippen molar-refractivity contribution < 1.29 is 4.74 Å². The zero-order valence-electron chi connectivity index (χ0n) is 11.0. The lowest BCUT2D eigenvalue weighted by atomic mass is 10.1. The SMILES string of the molecule is CC(C)CC(C)Oc1ccc([C@H](C)N)cc1Cl. The van der Waals surface area contributed by atoms with Crippen molar-refractivity contribution >= 4 is 11.6 Å². The summed E-state index contributed by atoms with van der Waals surface area (Å²) in [5.41, 5.74) is 6.83. The smallest absolute Gasteiger partial charge is 0.138 e. The van der Waals surface area contributed by atoms with Gasteiger partial charge in [0.1, 0.15) is 5.75 Å². The molecule has 2 atom stereocenters. The van der Waals surface area contributed by atoms with Crippen LogP contribution in [0.4, 0.5) is 0 Å². The fourth-order valence-corrected chi connectivity index (χ4v) is 2.06. The van der Waals surface area contributed by atoms with Crippen molar-refractivity contribution in [1.29, 1.82) is 0 Å². The molecule has 1 aromatic carbocycles. The number of halogens is 1. The molecule has 0 saturated heterocycles. The van der Waals surface area contributed by atoms with Gasteiger partial charge in [0.25, 0.3) is 0 Å². The topological polar surface area (TPSA) is 35.2 Å². The molecule has 0 amide bonds. The molecule has 0 spiro atoms. The van der Waals surface area contributed by atoms with E-state index in [0.717, 1.165) is 17.7 Å². The van der Waals surface area contributed by atoms with Gasteiger partial charge in [0, 0.05) is 6.04 Å². The Hall–Kier alpha value is -0.730. The lowest BCUT2D eigenvalue weighted by Gasteiger charge is -2.18. The van der Waals surface area contributed by atoms with Crippen LogP contribution in [-0.2, 0) is 0 Å². The molecule has 0 bridgehead atoms. The van der Waals surface area contributed by atoms with Gasteiger partial charge in [0.15, 0.2) is 0 Å². The van der Waals surface area contributed by atoms with Gasteiger partial charge in [-0.05, 0) is 43.9 Å². The maximum Gasteiger partial charge on any atom is 0.138 e. The van der Waals surface area contributed by atoms with Gasteiger partial charge >= 0.3 is 0 Å². The van der Waals surface area contributed by atoms with E-state index in [2.05, 4.69) is 20.8 Å². The first-order valence-electron chi connectivity index (χ1n) is 6.11. The van der Waals surface area contributed by atoms with E-state index in [4.69, 9.17) is 22.1 Å². The van der Waals surface area contributed by atoms with Crippen molar-refractivity contribution in [1.82, 2.24) is 0 Å². The van der Waals surface area contributed by atoms with Crippen molar-refractivity contribution in [3.8, 4) is 5.75 Å². The van der Waals surface area contributed by atoms with Gasteiger partial charge in [0.2, 0.25) is 0 Å². The molecular weight excluding hydrogens is 234 g/mol. The van der Waals surface area contributed by atoms with Crippen molar-refractivity contribution in [3.63, 3.8) is 0 Å². The van der Waals surface area contributed by atoms with E-state index in [-0.39, 0.29) is 12.1 Å². The van der Waals surface area contributed by atoms with Crippen molar-refractivity contribution in [2.75, 3.05) is 0 Å². The minimum Gasteiger partial charge on any atom is -0.489 e. The van der Waals surface area contributed by atoms with Gasteiger partial charge in [0.05, 0.1) is 11.1 Å². The number of ether oxygens (including phenoxy) is 1. The Balaban J connectivity index is 2.72. The molecule has 0 aromatic heterocycles. The van der Waals surface area contributed by atoms with E-state index in [0.29, 0.717) is 10.9 Å². The Bertz CT molecular complexity index is 363.